The zero-order valence-electron chi connectivity index (χ0n) is 6.69. The van der Waals surface area contributed by atoms with Crippen LogP contribution in [0.1, 0.15) is 27.2 Å². The van der Waals surface area contributed by atoms with Crippen LogP contribution in [0.2, 0.25) is 0 Å². The van der Waals surface area contributed by atoms with E-state index in [4.69, 9.17) is 0 Å². The molecule has 0 rings (SSSR count). The normalized spacial score (nSPS) is 15.0. The van der Waals surface area contributed by atoms with Gasteiger partial charge < -0.3 is 0 Å². The highest BCUT2D eigenvalue weighted by molar-refractivity contribution is 4.59. The molecule has 0 radical (unpaired) electrons. The van der Waals surface area contributed by atoms with Crippen molar-refractivity contribution in [2.75, 3.05) is 7.05 Å². The summed E-state index contributed by atoms with van der Waals surface area (Å²) in [5.74, 6) is 0. The van der Waals surface area contributed by atoms with Crippen molar-refractivity contribution >= 4 is 0 Å². The van der Waals surface area contributed by atoms with Crippen LogP contribution in [-0.4, -0.2) is 24.3 Å². The van der Waals surface area contributed by atoms with E-state index >= 15 is 0 Å². The van der Waals surface area contributed by atoms with Gasteiger partial charge in [-0.25, -0.2) is 4.39 Å². The lowest BCUT2D eigenvalue weighted by atomic mass is 10.3. The minimum atomic E-state index is -0.773. The molecule has 1 unspecified atom stereocenters. The van der Waals surface area contributed by atoms with Crippen molar-refractivity contribution in [2.45, 2.75) is 39.5 Å². The maximum atomic E-state index is 12.7. The van der Waals surface area contributed by atoms with Crippen LogP contribution in [0.15, 0.2) is 0 Å². The van der Waals surface area contributed by atoms with Crippen molar-refractivity contribution in [1.29, 1.82) is 0 Å². The fraction of sp³-hybridized carbons (Fsp3) is 1.00. The third kappa shape index (κ3) is 2.80. The summed E-state index contributed by atoms with van der Waals surface area (Å²) in [5, 5.41) is 0. The topological polar surface area (TPSA) is 3.24 Å². The lowest BCUT2D eigenvalue weighted by molar-refractivity contribution is 0.0781. The predicted molar refractivity (Wildman–Crippen MR) is 38.1 cm³/mol. The summed E-state index contributed by atoms with van der Waals surface area (Å²) in [4.78, 5) is 1.72. The number of alkyl halides is 1. The van der Waals surface area contributed by atoms with Gasteiger partial charge in [-0.1, -0.05) is 6.92 Å². The van der Waals surface area contributed by atoms with Crippen LogP contribution in [0.4, 0.5) is 4.39 Å². The lowest BCUT2D eigenvalue weighted by Crippen LogP contribution is -2.33. The Hall–Kier alpha value is -0.110. The van der Waals surface area contributed by atoms with Gasteiger partial charge in [-0.15, -0.1) is 0 Å². The second kappa shape index (κ2) is 3.83. The monoisotopic (exact) mass is 133 g/mol. The molecule has 0 heterocycles. The number of halogens is 1. The molecule has 0 amide bonds. The smallest absolute Gasteiger partial charge is 0.153 e. The van der Waals surface area contributed by atoms with Crippen molar-refractivity contribution in [1.82, 2.24) is 4.90 Å². The summed E-state index contributed by atoms with van der Waals surface area (Å²) in [6.07, 6.45) is -0.195. The lowest BCUT2D eigenvalue weighted by Gasteiger charge is -2.23. The standard InChI is InChI=1S/C7H16FN/c1-5-7(8)9(4)6(2)3/h6-7H,5H2,1-4H3. The highest BCUT2D eigenvalue weighted by atomic mass is 19.1. The molecule has 1 nitrogen and oxygen atoms in total. The maximum absolute atomic E-state index is 12.7. The van der Waals surface area contributed by atoms with E-state index in [-0.39, 0.29) is 0 Å². The summed E-state index contributed by atoms with van der Waals surface area (Å²) in [6, 6.07) is 0.306. The van der Waals surface area contributed by atoms with Crippen LogP contribution >= 0.6 is 0 Å². The average Bonchev–Trinajstić information content (AvgIpc) is 1.84. The first kappa shape index (κ1) is 8.89. The van der Waals surface area contributed by atoms with Gasteiger partial charge in [-0.05, 0) is 27.3 Å². The molecule has 0 aliphatic rings. The fourth-order valence-corrected chi connectivity index (χ4v) is 0.611. The summed E-state index contributed by atoms with van der Waals surface area (Å²) in [6.45, 7) is 5.83. The maximum Gasteiger partial charge on any atom is 0.153 e. The summed E-state index contributed by atoms with van der Waals surface area (Å²) in [7, 11) is 1.80. The molecule has 56 valence electrons. The van der Waals surface area contributed by atoms with Gasteiger partial charge in [0.2, 0.25) is 0 Å². The predicted octanol–water partition coefficient (Wildman–Crippen LogP) is 2.03. The van der Waals surface area contributed by atoms with Crippen molar-refractivity contribution < 1.29 is 4.39 Å². The van der Waals surface area contributed by atoms with Gasteiger partial charge in [0.1, 0.15) is 0 Å². The highest BCUT2D eigenvalue weighted by Crippen LogP contribution is 2.05. The van der Waals surface area contributed by atoms with E-state index in [1.54, 1.807) is 11.9 Å². The summed E-state index contributed by atoms with van der Waals surface area (Å²) < 4.78 is 12.7. The average molecular weight is 133 g/mol. The van der Waals surface area contributed by atoms with Crippen LogP contribution in [-0.2, 0) is 0 Å². The number of nitrogens with zero attached hydrogens (tertiary/aromatic N) is 1. The van der Waals surface area contributed by atoms with Crippen LogP contribution < -0.4 is 0 Å². The number of hydrogen-bond donors (Lipinski definition) is 0. The molecule has 0 saturated heterocycles. The zero-order chi connectivity index (χ0) is 7.44. The second-order valence-electron chi connectivity index (χ2n) is 2.60. The molecule has 0 aromatic carbocycles. The van der Waals surface area contributed by atoms with E-state index in [9.17, 15) is 4.39 Å². The van der Waals surface area contributed by atoms with E-state index in [1.807, 2.05) is 20.8 Å². The molecule has 1 atom stereocenters. The van der Waals surface area contributed by atoms with Gasteiger partial charge in [-0.3, -0.25) is 4.90 Å². The zero-order valence-corrected chi connectivity index (χ0v) is 6.69. The van der Waals surface area contributed by atoms with Crippen molar-refractivity contribution in [3.05, 3.63) is 0 Å². The Kier molecular flexibility index (Phi) is 3.78. The Bertz CT molecular complexity index is 73.3. The highest BCUT2D eigenvalue weighted by Gasteiger charge is 2.12. The van der Waals surface area contributed by atoms with Gasteiger partial charge in [0, 0.05) is 6.04 Å². The van der Waals surface area contributed by atoms with Gasteiger partial charge in [-0.2, -0.15) is 0 Å². The first-order valence-electron chi connectivity index (χ1n) is 3.45. The molecule has 0 aromatic rings. The first-order chi connectivity index (χ1) is 4.09. The quantitative estimate of drug-likeness (QED) is 0.532. The molecule has 2 heteroatoms. The molecule has 0 aliphatic heterocycles. The molecular weight excluding hydrogens is 117 g/mol. The summed E-state index contributed by atoms with van der Waals surface area (Å²) in [5.41, 5.74) is 0. The van der Waals surface area contributed by atoms with E-state index in [2.05, 4.69) is 0 Å². The summed E-state index contributed by atoms with van der Waals surface area (Å²) >= 11 is 0. The van der Waals surface area contributed by atoms with Crippen molar-refractivity contribution in [2.24, 2.45) is 0 Å². The fourth-order valence-electron chi connectivity index (χ4n) is 0.611. The molecule has 0 fully saturated rings. The second-order valence-corrected chi connectivity index (χ2v) is 2.60. The van der Waals surface area contributed by atoms with Gasteiger partial charge in [0.25, 0.3) is 0 Å². The van der Waals surface area contributed by atoms with Gasteiger partial charge >= 0.3 is 0 Å². The molecule has 0 bridgehead atoms. The van der Waals surface area contributed by atoms with Crippen LogP contribution in [0.25, 0.3) is 0 Å². The minimum Gasteiger partial charge on any atom is -0.275 e. The Balaban J connectivity index is 3.58. The molecule has 0 aliphatic carbocycles. The number of hydrogen-bond acceptors (Lipinski definition) is 1. The molecule has 0 N–H and O–H groups in total. The molecular formula is C7H16FN. The Morgan fingerprint density at radius 3 is 2.00 bits per heavy atom. The van der Waals surface area contributed by atoms with E-state index < -0.39 is 6.30 Å². The Morgan fingerprint density at radius 2 is 1.89 bits per heavy atom. The van der Waals surface area contributed by atoms with E-state index in [0.717, 1.165) is 0 Å². The molecule has 0 spiro atoms. The van der Waals surface area contributed by atoms with Crippen LogP contribution in [0, 0.1) is 0 Å². The van der Waals surface area contributed by atoms with E-state index in [0.29, 0.717) is 12.5 Å². The van der Waals surface area contributed by atoms with Crippen LogP contribution in [0.5, 0.6) is 0 Å². The number of rotatable bonds is 3. The van der Waals surface area contributed by atoms with Crippen molar-refractivity contribution in [3.63, 3.8) is 0 Å². The Labute approximate surface area is 56.9 Å². The van der Waals surface area contributed by atoms with Gasteiger partial charge in [0.15, 0.2) is 6.30 Å². The molecule has 0 saturated carbocycles. The first-order valence-corrected chi connectivity index (χ1v) is 3.45. The third-order valence-corrected chi connectivity index (χ3v) is 1.59. The van der Waals surface area contributed by atoms with E-state index in [1.165, 1.54) is 0 Å². The third-order valence-electron chi connectivity index (χ3n) is 1.59. The Morgan fingerprint density at radius 1 is 1.44 bits per heavy atom. The van der Waals surface area contributed by atoms with Crippen molar-refractivity contribution in [3.8, 4) is 0 Å². The SMILES string of the molecule is CCC(F)N(C)C(C)C. The largest absolute Gasteiger partial charge is 0.275 e. The molecule has 9 heavy (non-hydrogen) atoms. The minimum absolute atomic E-state index is 0.306. The van der Waals surface area contributed by atoms with Crippen LogP contribution in [0.3, 0.4) is 0 Å². The van der Waals surface area contributed by atoms with Gasteiger partial charge in [0.05, 0.1) is 0 Å². The molecule has 0 aromatic heterocycles.